The quantitative estimate of drug-likeness (QED) is 0.806. The van der Waals surface area contributed by atoms with Crippen LogP contribution < -0.4 is 0 Å². The molecule has 0 atom stereocenters. The molecule has 0 saturated heterocycles. The van der Waals surface area contributed by atoms with E-state index in [0.717, 1.165) is 5.56 Å². The average Bonchev–Trinajstić information content (AvgIpc) is 2.35. The molecular weight excluding hydrogens is 332 g/mol. The predicted octanol–water partition coefficient (Wildman–Crippen LogP) is 3.67. The zero-order valence-electron chi connectivity index (χ0n) is 8.61. The van der Waals surface area contributed by atoms with Crippen LogP contribution in [0.1, 0.15) is 5.56 Å². The van der Waals surface area contributed by atoms with E-state index in [1.165, 1.54) is 6.07 Å². The summed E-state index contributed by atoms with van der Waals surface area (Å²) >= 11 is 1.87. The van der Waals surface area contributed by atoms with Gasteiger partial charge < -0.3 is 5.11 Å². The molecule has 0 heterocycles. The lowest BCUT2D eigenvalue weighted by Gasteiger charge is -2.05. The van der Waals surface area contributed by atoms with Crippen molar-refractivity contribution < 1.29 is 9.50 Å². The number of nitrogens with zero attached hydrogens (tertiary/aromatic N) is 1. The molecule has 2 aromatic carbocycles. The van der Waals surface area contributed by atoms with Gasteiger partial charge in [0.05, 0.1) is 15.2 Å². The molecule has 0 aromatic heterocycles. The molecule has 0 aliphatic rings. The van der Waals surface area contributed by atoms with Gasteiger partial charge in [-0.25, -0.2) is 4.39 Å². The fourth-order valence-corrected chi connectivity index (χ4v) is 2.06. The molecule has 0 aliphatic heterocycles. The van der Waals surface area contributed by atoms with Crippen LogP contribution in [0.2, 0.25) is 0 Å². The van der Waals surface area contributed by atoms with E-state index in [4.69, 9.17) is 5.26 Å². The second-order valence-corrected chi connectivity index (χ2v) is 4.64. The van der Waals surface area contributed by atoms with E-state index < -0.39 is 5.82 Å². The Labute approximate surface area is 111 Å². The molecule has 0 spiro atoms. The fraction of sp³-hybridized carbons (Fsp3) is 0. The zero-order valence-corrected chi connectivity index (χ0v) is 10.8. The second kappa shape index (κ2) is 4.72. The van der Waals surface area contributed by atoms with Crippen molar-refractivity contribution in [3.8, 4) is 22.9 Å². The number of phenolic OH excluding ortho intramolecular Hbond substituents is 1. The third-order valence-corrected chi connectivity index (χ3v) is 3.19. The first kappa shape index (κ1) is 11.9. The number of halogens is 2. The minimum Gasteiger partial charge on any atom is -0.504 e. The number of hydrogen-bond donors (Lipinski definition) is 1. The number of rotatable bonds is 1. The summed E-state index contributed by atoms with van der Waals surface area (Å²) in [6.45, 7) is 0. The minimum absolute atomic E-state index is 0.331. The van der Waals surface area contributed by atoms with Gasteiger partial charge >= 0.3 is 0 Å². The predicted molar refractivity (Wildman–Crippen MR) is 70.9 cm³/mol. The van der Waals surface area contributed by atoms with Crippen LogP contribution in [0, 0.1) is 20.7 Å². The van der Waals surface area contributed by atoms with E-state index in [-0.39, 0.29) is 5.75 Å². The molecule has 2 rings (SSSR count). The van der Waals surface area contributed by atoms with Gasteiger partial charge in [0.2, 0.25) is 0 Å². The van der Waals surface area contributed by atoms with Gasteiger partial charge in [-0.2, -0.15) is 5.26 Å². The first-order chi connectivity index (χ1) is 8.11. The number of hydrogen-bond acceptors (Lipinski definition) is 2. The standard InChI is InChI=1S/C13H7FINO/c14-11-5-10(6-12(15)13(11)17)9-3-1-8(7-16)2-4-9/h1-6,17H. The van der Waals surface area contributed by atoms with Gasteiger partial charge in [-0.15, -0.1) is 0 Å². The van der Waals surface area contributed by atoms with Gasteiger partial charge in [-0.3, -0.25) is 0 Å². The van der Waals surface area contributed by atoms with Gasteiger partial charge in [0.15, 0.2) is 11.6 Å². The highest BCUT2D eigenvalue weighted by Gasteiger charge is 2.08. The van der Waals surface area contributed by atoms with Crippen LogP contribution >= 0.6 is 22.6 Å². The molecule has 0 fully saturated rings. The number of phenols is 1. The van der Waals surface area contributed by atoms with E-state index in [2.05, 4.69) is 0 Å². The molecule has 84 valence electrons. The Bertz CT molecular complexity index is 579. The van der Waals surface area contributed by atoms with Gasteiger partial charge in [0, 0.05) is 0 Å². The van der Waals surface area contributed by atoms with Crippen LogP contribution in [0.4, 0.5) is 4.39 Å². The van der Waals surface area contributed by atoms with Crippen LogP contribution in [0.5, 0.6) is 5.75 Å². The summed E-state index contributed by atoms with van der Waals surface area (Å²) in [6.07, 6.45) is 0. The van der Waals surface area contributed by atoms with Crippen LogP contribution in [0.15, 0.2) is 36.4 Å². The van der Waals surface area contributed by atoms with E-state index in [9.17, 15) is 9.50 Å². The third-order valence-electron chi connectivity index (χ3n) is 2.36. The number of benzene rings is 2. The fourth-order valence-electron chi connectivity index (χ4n) is 1.47. The van der Waals surface area contributed by atoms with E-state index in [1.54, 1.807) is 30.3 Å². The Morgan fingerprint density at radius 2 is 1.76 bits per heavy atom. The Morgan fingerprint density at radius 3 is 2.29 bits per heavy atom. The summed E-state index contributed by atoms with van der Waals surface area (Å²) in [5.74, 6) is -0.973. The Hall–Kier alpha value is -1.61. The normalized spacial score (nSPS) is 9.94. The molecular formula is C13H7FINO. The Morgan fingerprint density at radius 1 is 1.12 bits per heavy atom. The zero-order chi connectivity index (χ0) is 12.4. The molecule has 2 nitrogen and oxygen atoms in total. The van der Waals surface area contributed by atoms with E-state index >= 15 is 0 Å². The second-order valence-electron chi connectivity index (χ2n) is 3.48. The summed E-state index contributed by atoms with van der Waals surface area (Å²) in [4.78, 5) is 0. The first-order valence-corrected chi connectivity index (χ1v) is 5.88. The molecule has 0 saturated carbocycles. The molecule has 0 unspecified atom stereocenters. The van der Waals surface area contributed by atoms with Crippen molar-refractivity contribution in [1.82, 2.24) is 0 Å². The van der Waals surface area contributed by atoms with Crippen molar-refractivity contribution in [1.29, 1.82) is 5.26 Å². The highest BCUT2D eigenvalue weighted by atomic mass is 127. The minimum atomic E-state index is -0.642. The van der Waals surface area contributed by atoms with Gasteiger partial charge in [0.1, 0.15) is 0 Å². The smallest absolute Gasteiger partial charge is 0.166 e. The third kappa shape index (κ3) is 2.39. The monoisotopic (exact) mass is 339 g/mol. The molecule has 2 aromatic rings. The average molecular weight is 339 g/mol. The molecule has 0 aliphatic carbocycles. The SMILES string of the molecule is N#Cc1ccc(-c2cc(F)c(O)c(I)c2)cc1. The molecule has 0 amide bonds. The van der Waals surface area contributed by atoms with E-state index in [0.29, 0.717) is 14.7 Å². The van der Waals surface area contributed by atoms with Crippen molar-refractivity contribution in [2.24, 2.45) is 0 Å². The molecule has 17 heavy (non-hydrogen) atoms. The lowest BCUT2D eigenvalue weighted by molar-refractivity contribution is 0.429. The van der Waals surface area contributed by atoms with Crippen molar-refractivity contribution in [3.63, 3.8) is 0 Å². The lowest BCUT2D eigenvalue weighted by Crippen LogP contribution is -1.85. The van der Waals surface area contributed by atoms with E-state index in [1.807, 2.05) is 28.7 Å². The highest BCUT2D eigenvalue weighted by molar-refractivity contribution is 14.1. The highest BCUT2D eigenvalue weighted by Crippen LogP contribution is 2.30. The van der Waals surface area contributed by atoms with Crippen molar-refractivity contribution in [2.45, 2.75) is 0 Å². The summed E-state index contributed by atoms with van der Waals surface area (Å²) in [6, 6.07) is 11.8. The summed E-state index contributed by atoms with van der Waals surface area (Å²) in [7, 11) is 0. The van der Waals surface area contributed by atoms with Crippen LogP contribution in [0.25, 0.3) is 11.1 Å². The van der Waals surface area contributed by atoms with Crippen LogP contribution in [0.3, 0.4) is 0 Å². The topological polar surface area (TPSA) is 44.0 Å². The summed E-state index contributed by atoms with van der Waals surface area (Å²) in [5, 5.41) is 18.0. The first-order valence-electron chi connectivity index (χ1n) is 4.80. The molecule has 1 N–H and O–H groups in total. The molecule has 4 heteroatoms. The Kier molecular flexibility index (Phi) is 3.29. The summed E-state index contributed by atoms with van der Waals surface area (Å²) in [5.41, 5.74) is 2.04. The van der Waals surface area contributed by atoms with Crippen LogP contribution in [-0.2, 0) is 0 Å². The maximum absolute atomic E-state index is 13.4. The van der Waals surface area contributed by atoms with Gasteiger partial charge in [0.25, 0.3) is 0 Å². The Balaban J connectivity index is 2.50. The maximum atomic E-state index is 13.4. The molecule has 0 bridgehead atoms. The van der Waals surface area contributed by atoms with Gasteiger partial charge in [-0.1, -0.05) is 12.1 Å². The largest absolute Gasteiger partial charge is 0.504 e. The number of nitriles is 1. The lowest BCUT2D eigenvalue weighted by atomic mass is 10.0. The maximum Gasteiger partial charge on any atom is 0.166 e. The van der Waals surface area contributed by atoms with Crippen molar-refractivity contribution >= 4 is 22.6 Å². The number of aromatic hydroxyl groups is 1. The summed E-state index contributed by atoms with van der Waals surface area (Å²) < 4.78 is 13.8. The molecule has 0 radical (unpaired) electrons. The van der Waals surface area contributed by atoms with Crippen molar-refractivity contribution in [2.75, 3.05) is 0 Å². The van der Waals surface area contributed by atoms with Gasteiger partial charge in [-0.05, 0) is 58.0 Å². The van der Waals surface area contributed by atoms with Crippen molar-refractivity contribution in [3.05, 3.63) is 51.3 Å². The van der Waals surface area contributed by atoms with Crippen LogP contribution in [-0.4, -0.2) is 5.11 Å².